The molecule has 0 spiro atoms. The van der Waals surface area contributed by atoms with Crippen LogP contribution >= 0.6 is 11.6 Å². The van der Waals surface area contributed by atoms with E-state index in [2.05, 4.69) is 16.7 Å². The van der Waals surface area contributed by atoms with E-state index in [0.29, 0.717) is 18.3 Å². The van der Waals surface area contributed by atoms with Crippen molar-refractivity contribution in [3.05, 3.63) is 12.3 Å². The average Bonchev–Trinajstić information content (AvgIpc) is 2.28. The van der Waals surface area contributed by atoms with Gasteiger partial charge >= 0.3 is 6.03 Å². The van der Waals surface area contributed by atoms with Crippen molar-refractivity contribution in [3.8, 4) is 0 Å². The number of halogens is 1. The molecule has 86 valence electrons. The van der Waals surface area contributed by atoms with Crippen molar-refractivity contribution < 1.29 is 4.79 Å². The number of hydrogen-bond donors (Lipinski definition) is 2. The van der Waals surface area contributed by atoms with E-state index in [1.165, 1.54) is 32.1 Å². The Balaban J connectivity index is 2.11. The second kappa shape index (κ2) is 7.57. The molecule has 1 aliphatic rings. The highest BCUT2D eigenvalue weighted by molar-refractivity contribution is 6.18. The molecule has 0 heterocycles. The van der Waals surface area contributed by atoms with Crippen LogP contribution in [0.4, 0.5) is 4.79 Å². The number of carbonyl (C=O) groups is 1. The van der Waals surface area contributed by atoms with E-state index in [1.807, 2.05) is 0 Å². The van der Waals surface area contributed by atoms with E-state index in [4.69, 9.17) is 11.6 Å². The Morgan fingerprint density at radius 3 is 2.73 bits per heavy atom. The molecule has 0 unspecified atom stereocenters. The molecule has 2 amide bonds. The molecule has 0 atom stereocenters. The van der Waals surface area contributed by atoms with Gasteiger partial charge in [0, 0.05) is 18.6 Å². The standard InChI is InChI=1S/C11H19ClN2O/c12-7-9-14-11(15)13-8-6-10-4-2-1-3-5-10/h6,8,10H,1-5,7,9H2,(H2,13,14,15)/b8-6+. The largest absolute Gasteiger partial charge is 0.337 e. The van der Waals surface area contributed by atoms with Gasteiger partial charge in [0.25, 0.3) is 0 Å². The number of rotatable bonds is 4. The van der Waals surface area contributed by atoms with Crippen LogP contribution in [0, 0.1) is 5.92 Å². The minimum Gasteiger partial charge on any atom is -0.337 e. The van der Waals surface area contributed by atoms with E-state index >= 15 is 0 Å². The van der Waals surface area contributed by atoms with E-state index < -0.39 is 0 Å². The second-order valence-corrected chi connectivity index (χ2v) is 4.22. The lowest BCUT2D eigenvalue weighted by molar-refractivity contribution is 0.244. The molecule has 0 aliphatic heterocycles. The maximum atomic E-state index is 11.1. The Kier molecular flexibility index (Phi) is 6.25. The summed E-state index contributed by atoms with van der Waals surface area (Å²) >= 11 is 5.44. The zero-order valence-electron chi connectivity index (χ0n) is 8.97. The van der Waals surface area contributed by atoms with Crippen molar-refractivity contribution in [2.45, 2.75) is 32.1 Å². The van der Waals surface area contributed by atoms with E-state index in [9.17, 15) is 4.79 Å². The summed E-state index contributed by atoms with van der Waals surface area (Å²) in [5.41, 5.74) is 0. The predicted octanol–water partition coefficient (Wildman–Crippen LogP) is 2.62. The molecule has 0 radical (unpaired) electrons. The molecule has 0 saturated heterocycles. The number of carbonyl (C=O) groups excluding carboxylic acids is 1. The van der Waals surface area contributed by atoms with Gasteiger partial charge < -0.3 is 10.6 Å². The number of alkyl halides is 1. The van der Waals surface area contributed by atoms with Crippen molar-refractivity contribution in [2.75, 3.05) is 12.4 Å². The van der Waals surface area contributed by atoms with Crippen LogP contribution in [0.5, 0.6) is 0 Å². The monoisotopic (exact) mass is 230 g/mol. The van der Waals surface area contributed by atoms with Crippen molar-refractivity contribution in [3.63, 3.8) is 0 Å². The van der Waals surface area contributed by atoms with E-state index in [-0.39, 0.29) is 6.03 Å². The quantitative estimate of drug-likeness (QED) is 0.717. The lowest BCUT2D eigenvalue weighted by atomic mass is 9.89. The first-order chi connectivity index (χ1) is 7.33. The molecule has 1 aliphatic carbocycles. The third-order valence-electron chi connectivity index (χ3n) is 2.61. The van der Waals surface area contributed by atoms with Crippen molar-refractivity contribution in [1.29, 1.82) is 0 Å². The molecular formula is C11H19ClN2O. The van der Waals surface area contributed by atoms with Gasteiger partial charge in [-0.25, -0.2) is 4.79 Å². The highest BCUT2D eigenvalue weighted by atomic mass is 35.5. The number of allylic oxidation sites excluding steroid dienone is 1. The molecule has 3 nitrogen and oxygen atoms in total. The predicted molar refractivity (Wildman–Crippen MR) is 63.0 cm³/mol. The average molecular weight is 231 g/mol. The van der Waals surface area contributed by atoms with Crippen LogP contribution in [-0.2, 0) is 0 Å². The van der Waals surface area contributed by atoms with E-state index in [1.54, 1.807) is 6.20 Å². The minimum atomic E-state index is -0.178. The molecule has 0 bridgehead atoms. The Bertz CT molecular complexity index is 213. The van der Waals surface area contributed by atoms with E-state index in [0.717, 1.165) is 0 Å². The van der Waals surface area contributed by atoms with Gasteiger partial charge in [-0.3, -0.25) is 0 Å². The van der Waals surface area contributed by atoms with Crippen LogP contribution < -0.4 is 10.6 Å². The normalized spacial score (nSPS) is 17.9. The summed E-state index contributed by atoms with van der Waals surface area (Å²) in [5, 5.41) is 5.31. The SMILES string of the molecule is O=C(N/C=C/C1CCCCC1)NCCCl. The van der Waals surface area contributed by atoms with Gasteiger partial charge in [0.15, 0.2) is 0 Å². The zero-order valence-corrected chi connectivity index (χ0v) is 9.72. The summed E-state index contributed by atoms with van der Waals surface area (Å²) in [5.74, 6) is 1.09. The van der Waals surface area contributed by atoms with Gasteiger partial charge in [-0.05, 0) is 18.8 Å². The van der Waals surface area contributed by atoms with Crippen LogP contribution in [0.3, 0.4) is 0 Å². The van der Waals surface area contributed by atoms with Gasteiger partial charge in [-0.2, -0.15) is 0 Å². The van der Waals surface area contributed by atoms with Gasteiger partial charge in [0.1, 0.15) is 0 Å². The summed E-state index contributed by atoms with van der Waals surface area (Å²) in [6.45, 7) is 0.505. The molecular weight excluding hydrogens is 212 g/mol. The fraction of sp³-hybridized carbons (Fsp3) is 0.727. The summed E-state index contributed by atoms with van der Waals surface area (Å²) in [7, 11) is 0. The fourth-order valence-corrected chi connectivity index (χ4v) is 1.89. The molecule has 4 heteroatoms. The maximum Gasteiger partial charge on any atom is 0.318 e. The first-order valence-electron chi connectivity index (χ1n) is 5.60. The summed E-state index contributed by atoms with van der Waals surface area (Å²) < 4.78 is 0. The third kappa shape index (κ3) is 5.67. The number of amides is 2. The van der Waals surface area contributed by atoms with Crippen molar-refractivity contribution >= 4 is 17.6 Å². The lowest BCUT2D eigenvalue weighted by Crippen LogP contribution is -2.33. The Labute approximate surface area is 96.3 Å². The lowest BCUT2D eigenvalue weighted by Gasteiger charge is -2.17. The molecule has 0 aromatic heterocycles. The highest BCUT2D eigenvalue weighted by Crippen LogP contribution is 2.24. The topological polar surface area (TPSA) is 41.1 Å². The molecule has 1 saturated carbocycles. The molecule has 15 heavy (non-hydrogen) atoms. The van der Waals surface area contributed by atoms with Crippen LogP contribution in [0.2, 0.25) is 0 Å². The summed E-state index contributed by atoms with van der Waals surface area (Å²) in [6, 6.07) is -0.178. The Morgan fingerprint density at radius 2 is 2.07 bits per heavy atom. The van der Waals surface area contributed by atoms with Gasteiger partial charge in [-0.15, -0.1) is 11.6 Å². The van der Waals surface area contributed by atoms with Crippen LogP contribution in [0.1, 0.15) is 32.1 Å². The van der Waals surface area contributed by atoms with Gasteiger partial charge in [0.05, 0.1) is 0 Å². The Hall–Kier alpha value is -0.700. The Morgan fingerprint density at radius 1 is 1.33 bits per heavy atom. The smallest absolute Gasteiger partial charge is 0.318 e. The number of urea groups is 1. The van der Waals surface area contributed by atoms with Crippen LogP contribution in [0.25, 0.3) is 0 Å². The van der Waals surface area contributed by atoms with Gasteiger partial charge in [-0.1, -0.05) is 25.3 Å². The molecule has 0 aromatic rings. The molecule has 1 rings (SSSR count). The maximum absolute atomic E-state index is 11.1. The molecule has 2 N–H and O–H groups in total. The van der Waals surface area contributed by atoms with Crippen LogP contribution in [0.15, 0.2) is 12.3 Å². The summed E-state index contributed by atoms with van der Waals surface area (Å²) in [4.78, 5) is 11.1. The second-order valence-electron chi connectivity index (χ2n) is 3.85. The molecule has 0 aromatic carbocycles. The fourth-order valence-electron chi connectivity index (χ4n) is 1.80. The van der Waals surface area contributed by atoms with Crippen molar-refractivity contribution in [2.24, 2.45) is 5.92 Å². The summed E-state index contributed by atoms with van der Waals surface area (Å²) in [6.07, 6.45) is 10.3. The third-order valence-corrected chi connectivity index (χ3v) is 2.80. The van der Waals surface area contributed by atoms with Gasteiger partial charge in [0.2, 0.25) is 0 Å². The molecule has 1 fully saturated rings. The first-order valence-corrected chi connectivity index (χ1v) is 6.13. The number of hydrogen-bond acceptors (Lipinski definition) is 1. The number of nitrogens with one attached hydrogen (secondary N) is 2. The zero-order chi connectivity index (χ0) is 10.9. The first kappa shape index (κ1) is 12.4. The van der Waals surface area contributed by atoms with Crippen LogP contribution in [-0.4, -0.2) is 18.5 Å². The highest BCUT2D eigenvalue weighted by Gasteiger charge is 2.09. The minimum absolute atomic E-state index is 0.178. The van der Waals surface area contributed by atoms with Crippen molar-refractivity contribution in [1.82, 2.24) is 10.6 Å².